The van der Waals surface area contributed by atoms with Crippen LogP contribution in [0, 0.1) is 6.92 Å². The highest BCUT2D eigenvalue weighted by Crippen LogP contribution is 2.54. The fourth-order valence-electron chi connectivity index (χ4n) is 5.72. The van der Waals surface area contributed by atoms with Gasteiger partial charge in [-0.25, -0.2) is 0 Å². The van der Waals surface area contributed by atoms with Gasteiger partial charge in [-0.2, -0.15) is 0 Å². The van der Waals surface area contributed by atoms with Crippen molar-refractivity contribution in [1.29, 1.82) is 0 Å². The maximum absolute atomic E-state index is 14.9. The van der Waals surface area contributed by atoms with E-state index < -0.39 is 22.8 Å². The molecule has 0 saturated heterocycles. The van der Waals surface area contributed by atoms with Crippen molar-refractivity contribution < 1.29 is 14.0 Å². The normalized spacial score (nSPS) is 17.8. The molecule has 1 unspecified atom stereocenters. The predicted octanol–water partition coefficient (Wildman–Crippen LogP) is 6.18. The molecule has 0 fully saturated rings. The zero-order valence-electron chi connectivity index (χ0n) is 22.3. The molecule has 2 amide bonds. The monoisotopic (exact) mass is 582 g/mol. The lowest BCUT2D eigenvalue weighted by Crippen LogP contribution is -2.53. The van der Waals surface area contributed by atoms with E-state index in [0.29, 0.717) is 21.3 Å². The summed E-state index contributed by atoms with van der Waals surface area (Å²) >= 11 is 7.48. The van der Waals surface area contributed by atoms with Gasteiger partial charge in [-0.3, -0.25) is 19.3 Å². The number of carbonyl (C=O) groups is 2. The first-order valence-electron chi connectivity index (χ1n) is 13.1. The summed E-state index contributed by atoms with van der Waals surface area (Å²) in [5, 5.41) is 10.1. The van der Waals surface area contributed by atoms with Crippen molar-refractivity contribution in [2.24, 2.45) is 0 Å². The lowest BCUT2D eigenvalue weighted by atomic mass is 9.84. The second-order valence-corrected chi connectivity index (χ2v) is 12.0. The number of para-hydroxylation sites is 1. The lowest BCUT2D eigenvalue weighted by molar-refractivity contribution is -0.121. The van der Waals surface area contributed by atoms with Gasteiger partial charge in [-0.15, -0.1) is 10.2 Å². The van der Waals surface area contributed by atoms with Gasteiger partial charge in [-0.05, 0) is 36.8 Å². The molecule has 5 aromatic rings. The van der Waals surface area contributed by atoms with Crippen LogP contribution in [0.25, 0.3) is 11.0 Å². The molecule has 8 nitrogen and oxygen atoms in total. The summed E-state index contributed by atoms with van der Waals surface area (Å²) in [7, 11) is 0. The molecule has 41 heavy (non-hydrogen) atoms. The summed E-state index contributed by atoms with van der Waals surface area (Å²) < 4.78 is 6.11. The Labute approximate surface area is 243 Å². The number of rotatable bonds is 4. The van der Waals surface area contributed by atoms with E-state index in [2.05, 4.69) is 10.2 Å². The Bertz CT molecular complexity index is 1970. The molecular formula is C31H23ClN4O4S. The first-order valence-corrected chi connectivity index (χ1v) is 14.3. The first-order chi connectivity index (χ1) is 19.7. The van der Waals surface area contributed by atoms with Crippen LogP contribution in [-0.4, -0.2) is 22.0 Å². The maximum Gasteiger partial charge on any atom is 0.297 e. The van der Waals surface area contributed by atoms with E-state index in [0.717, 1.165) is 11.1 Å². The van der Waals surface area contributed by atoms with Gasteiger partial charge in [0.1, 0.15) is 10.6 Å². The number of hydrogen-bond donors (Lipinski definition) is 0. The van der Waals surface area contributed by atoms with Crippen molar-refractivity contribution in [2.45, 2.75) is 38.8 Å². The summed E-state index contributed by atoms with van der Waals surface area (Å²) in [6, 6.07) is 19.8. The molecule has 1 spiro atoms. The molecule has 0 radical (unpaired) electrons. The van der Waals surface area contributed by atoms with Gasteiger partial charge in [0.15, 0.2) is 11.0 Å². The number of fused-ring (bicyclic) bond motifs is 5. The van der Waals surface area contributed by atoms with Gasteiger partial charge in [-0.1, -0.05) is 84.8 Å². The molecule has 7 rings (SSSR count). The third kappa shape index (κ3) is 3.55. The van der Waals surface area contributed by atoms with Crippen LogP contribution in [0.1, 0.15) is 57.6 Å². The number of hydrogen-bond acceptors (Lipinski definition) is 7. The molecule has 0 aliphatic carbocycles. The zero-order valence-corrected chi connectivity index (χ0v) is 23.9. The summed E-state index contributed by atoms with van der Waals surface area (Å²) in [5.74, 6) is -1.21. The van der Waals surface area contributed by atoms with E-state index in [-0.39, 0.29) is 39.9 Å². The third-order valence-corrected chi connectivity index (χ3v) is 9.11. The van der Waals surface area contributed by atoms with Crippen LogP contribution >= 0.6 is 22.9 Å². The van der Waals surface area contributed by atoms with E-state index in [1.54, 1.807) is 29.2 Å². The minimum atomic E-state index is -1.83. The average molecular weight is 583 g/mol. The largest absolute Gasteiger partial charge is 0.450 e. The number of anilines is 2. The van der Waals surface area contributed by atoms with Crippen molar-refractivity contribution in [3.63, 3.8) is 0 Å². The van der Waals surface area contributed by atoms with Crippen LogP contribution in [0.5, 0.6) is 0 Å². The summed E-state index contributed by atoms with van der Waals surface area (Å²) in [4.78, 5) is 46.5. The van der Waals surface area contributed by atoms with Crippen LogP contribution in [0.3, 0.4) is 0 Å². The lowest BCUT2D eigenvalue weighted by Gasteiger charge is -2.32. The van der Waals surface area contributed by atoms with Crippen LogP contribution in [0.15, 0.2) is 75.9 Å². The summed E-state index contributed by atoms with van der Waals surface area (Å²) in [5.41, 5.74) is 0.942. The second-order valence-electron chi connectivity index (χ2n) is 10.6. The Morgan fingerprint density at radius 1 is 1.00 bits per heavy atom. The van der Waals surface area contributed by atoms with E-state index in [1.165, 1.54) is 22.3 Å². The third-order valence-electron chi connectivity index (χ3n) is 7.66. The standard InChI is InChI=1S/C31H23ClN4O4S/c1-16(2)27-33-34-30(41-27)36-28(38)26-24(25(37)20-14-19(32)12-13-23(20)40-26)31(36)21-6-4-5-7-22(21)35(29(31)39)15-18-10-8-17(3)9-11-18/h4-14,16H,15H2,1-3H3. The van der Waals surface area contributed by atoms with Crippen molar-refractivity contribution >= 4 is 56.5 Å². The van der Waals surface area contributed by atoms with Crippen molar-refractivity contribution in [2.75, 3.05) is 9.80 Å². The highest BCUT2D eigenvalue weighted by molar-refractivity contribution is 7.15. The van der Waals surface area contributed by atoms with Crippen LogP contribution in [-0.2, 0) is 16.9 Å². The van der Waals surface area contributed by atoms with Crippen molar-refractivity contribution in [1.82, 2.24) is 10.2 Å². The minimum absolute atomic E-state index is 0.0394. The molecule has 2 aromatic heterocycles. The fraction of sp³-hybridized carbons (Fsp3) is 0.194. The van der Waals surface area contributed by atoms with E-state index in [9.17, 15) is 14.4 Å². The van der Waals surface area contributed by atoms with Gasteiger partial charge in [0.25, 0.3) is 11.8 Å². The molecule has 2 aliphatic rings. The maximum atomic E-state index is 14.9. The second kappa shape index (κ2) is 9.09. The molecule has 0 N–H and O–H groups in total. The minimum Gasteiger partial charge on any atom is -0.450 e. The van der Waals surface area contributed by atoms with Gasteiger partial charge in [0.2, 0.25) is 10.9 Å². The molecule has 204 valence electrons. The Hall–Kier alpha value is -4.34. The molecule has 3 aromatic carbocycles. The van der Waals surface area contributed by atoms with Crippen molar-refractivity contribution in [3.8, 4) is 0 Å². The van der Waals surface area contributed by atoms with E-state index in [4.69, 9.17) is 16.0 Å². The molecule has 2 aliphatic heterocycles. The summed E-state index contributed by atoms with van der Waals surface area (Å²) in [6.45, 7) is 6.19. The van der Waals surface area contributed by atoms with Crippen molar-refractivity contribution in [3.05, 3.63) is 115 Å². The number of halogens is 1. The number of benzene rings is 3. The number of carbonyl (C=O) groups excluding carboxylic acids is 2. The van der Waals surface area contributed by atoms with Crippen LogP contribution in [0.2, 0.25) is 5.02 Å². The van der Waals surface area contributed by atoms with Gasteiger partial charge < -0.3 is 9.32 Å². The molecule has 1 atom stereocenters. The van der Waals surface area contributed by atoms with E-state index in [1.807, 2.05) is 57.2 Å². The SMILES string of the molecule is Cc1ccc(CN2C(=O)C3(c4ccccc42)c2c(oc4ccc(Cl)cc4c2=O)C(=O)N3c2nnc(C(C)C)s2)cc1. The topological polar surface area (TPSA) is 96.6 Å². The quantitative estimate of drug-likeness (QED) is 0.251. The Morgan fingerprint density at radius 3 is 2.49 bits per heavy atom. The summed E-state index contributed by atoms with van der Waals surface area (Å²) in [6.07, 6.45) is 0. The van der Waals surface area contributed by atoms with Crippen LogP contribution in [0.4, 0.5) is 10.8 Å². The molecule has 0 saturated carbocycles. The Kier molecular flexibility index (Phi) is 5.68. The number of nitrogens with zero attached hydrogens (tertiary/aromatic N) is 4. The highest BCUT2D eigenvalue weighted by Gasteiger charge is 2.66. The first kappa shape index (κ1) is 25.6. The zero-order chi connectivity index (χ0) is 28.6. The van der Waals surface area contributed by atoms with E-state index >= 15 is 0 Å². The highest BCUT2D eigenvalue weighted by atomic mass is 35.5. The number of amides is 2. The predicted molar refractivity (Wildman–Crippen MR) is 158 cm³/mol. The molecule has 0 bridgehead atoms. The molecular weight excluding hydrogens is 560 g/mol. The molecule has 4 heterocycles. The van der Waals surface area contributed by atoms with Gasteiger partial charge in [0, 0.05) is 16.5 Å². The molecule has 10 heteroatoms. The number of aromatic nitrogens is 2. The van der Waals surface area contributed by atoms with Gasteiger partial charge in [0.05, 0.1) is 23.2 Å². The number of aryl methyl sites for hydroxylation is 1. The van der Waals surface area contributed by atoms with Crippen LogP contribution < -0.4 is 15.2 Å². The van der Waals surface area contributed by atoms with Gasteiger partial charge >= 0.3 is 0 Å². The Balaban J connectivity index is 1.54. The smallest absolute Gasteiger partial charge is 0.297 e. The Morgan fingerprint density at radius 2 is 1.76 bits per heavy atom. The average Bonchev–Trinajstić information content (AvgIpc) is 3.61. The fourth-order valence-corrected chi connectivity index (χ4v) is 6.79.